The number of hydrogen-bond donors (Lipinski definition) is 1. The molecule has 0 saturated carbocycles. The largest absolute Gasteiger partial charge is 0.330 e. The number of nitrogens with two attached hydrogens (primary N) is 1. The van der Waals surface area contributed by atoms with Gasteiger partial charge in [-0.25, -0.2) is 0 Å². The van der Waals surface area contributed by atoms with E-state index in [9.17, 15) is 9.59 Å². The average molecular weight is 881 g/mol. The number of thioether (sulfide) groups is 2. The van der Waals surface area contributed by atoms with Crippen LogP contribution in [0.2, 0.25) is 0 Å². The van der Waals surface area contributed by atoms with Crippen molar-refractivity contribution in [3.8, 4) is 0 Å². The zero-order chi connectivity index (χ0) is 44.3. The van der Waals surface area contributed by atoms with Gasteiger partial charge in [-0.05, 0) is 89.2 Å². The van der Waals surface area contributed by atoms with E-state index in [1.165, 1.54) is 57.5 Å². The summed E-state index contributed by atoms with van der Waals surface area (Å²) < 4.78 is -0.471. The summed E-state index contributed by atoms with van der Waals surface area (Å²) in [6.07, 6.45) is 8.78. The van der Waals surface area contributed by atoms with Crippen LogP contribution in [0.4, 0.5) is 0 Å². The van der Waals surface area contributed by atoms with Crippen molar-refractivity contribution in [2.24, 2.45) is 5.73 Å². The molecule has 64 heavy (non-hydrogen) atoms. The average Bonchev–Trinajstić information content (AvgIpc) is 3.61. The Morgan fingerprint density at radius 1 is 0.344 bits per heavy atom. The second-order valence-corrected chi connectivity index (χ2v) is 18.8. The van der Waals surface area contributed by atoms with Gasteiger partial charge >= 0.3 is 0 Å². The fraction of sp³-hybridized carbons (Fsp3) is 0.241. The highest BCUT2D eigenvalue weighted by Crippen LogP contribution is 2.50. The lowest BCUT2D eigenvalue weighted by Crippen LogP contribution is -2.30. The Hall–Kier alpha value is -5.66. The van der Waals surface area contributed by atoms with Gasteiger partial charge in [0.1, 0.15) is 0 Å². The molecule has 0 spiro atoms. The van der Waals surface area contributed by atoms with Crippen LogP contribution in [-0.4, -0.2) is 41.3 Å². The molecule has 8 rings (SSSR count). The SMILES string of the molecule is NCCCCCCSC(c1ccccc1)(c1ccccc1)c1ccccc1.O=C1c2ccccc2C(=O)N1CCCCCCSC(c1ccccc1)(c1ccccc1)c1ccccc1. The molecule has 0 fully saturated rings. The summed E-state index contributed by atoms with van der Waals surface area (Å²) in [4.78, 5) is 26.6. The molecule has 0 unspecified atom stereocenters. The van der Waals surface area contributed by atoms with Crippen molar-refractivity contribution in [1.82, 2.24) is 4.90 Å². The molecule has 0 aliphatic carbocycles. The number of hydrogen-bond acceptors (Lipinski definition) is 5. The Balaban J connectivity index is 0.000000201. The van der Waals surface area contributed by atoms with Crippen molar-refractivity contribution in [2.45, 2.75) is 60.9 Å². The third-order valence-electron chi connectivity index (χ3n) is 12.0. The van der Waals surface area contributed by atoms with Crippen LogP contribution in [0, 0.1) is 0 Å². The zero-order valence-corrected chi connectivity index (χ0v) is 38.4. The quantitative estimate of drug-likeness (QED) is 0.0443. The van der Waals surface area contributed by atoms with Crippen molar-refractivity contribution >= 4 is 35.3 Å². The van der Waals surface area contributed by atoms with Crippen LogP contribution in [0.25, 0.3) is 0 Å². The van der Waals surface area contributed by atoms with Crippen LogP contribution in [0.5, 0.6) is 0 Å². The highest BCUT2D eigenvalue weighted by atomic mass is 32.2. The van der Waals surface area contributed by atoms with Crippen molar-refractivity contribution in [1.29, 1.82) is 0 Å². The topological polar surface area (TPSA) is 63.4 Å². The van der Waals surface area contributed by atoms with Crippen LogP contribution in [-0.2, 0) is 9.49 Å². The molecule has 1 aliphatic heterocycles. The smallest absolute Gasteiger partial charge is 0.261 e. The molecule has 2 amide bonds. The molecule has 1 aliphatic rings. The molecular formula is C58H60N2O2S2. The van der Waals surface area contributed by atoms with Crippen molar-refractivity contribution in [3.05, 3.63) is 251 Å². The van der Waals surface area contributed by atoms with E-state index in [2.05, 4.69) is 194 Å². The fourth-order valence-electron chi connectivity index (χ4n) is 8.76. The lowest BCUT2D eigenvalue weighted by atomic mass is 9.84. The summed E-state index contributed by atoms with van der Waals surface area (Å²) in [5, 5.41) is 0. The van der Waals surface area contributed by atoms with E-state index in [0.29, 0.717) is 17.7 Å². The van der Waals surface area contributed by atoms with Gasteiger partial charge in [0.2, 0.25) is 0 Å². The number of carbonyl (C=O) groups is 2. The maximum Gasteiger partial charge on any atom is 0.261 e. The molecule has 1 heterocycles. The summed E-state index contributed by atoms with van der Waals surface area (Å²) in [5.41, 5.74) is 14.6. The molecular weight excluding hydrogens is 821 g/mol. The lowest BCUT2D eigenvalue weighted by Gasteiger charge is -2.35. The van der Waals surface area contributed by atoms with E-state index >= 15 is 0 Å². The summed E-state index contributed by atoms with van der Waals surface area (Å²) in [6.45, 7) is 1.29. The summed E-state index contributed by atoms with van der Waals surface area (Å²) >= 11 is 4.04. The minimum atomic E-state index is -0.288. The van der Waals surface area contributed by atoms with Gasteiger partial charge in [0.05, 0.1) is 20.6 Å². The number of unbranched alkanes of at least 4 members (excludes halogenated alkanes) is 6. The van der Waals surface area contributed by atoms with Crippen LogP contribution in [0.1, 0.15) is 105 Å². The monoisotopic (exact) mass is 880 g/mol. The maximum atomic E-state index is 12.6. The van der Waals surface area contributed by atoms with Gasteiger partial charge in [-0.1, -0.05) is 220 Å². The first-order chi connectivity index (χ1) is 31.6. The molecule has 0 atom stereocenters. The molecule has 2 N–H and O–H groups in total. The summed E-state index contributed by atoms with van der Waals surface area (Å²) in [7, 11) is 0. The standard InChI is InChI=1S/C33H31NO2S.C25H29NS/c35-31-29-22-12-13-23-30(29)32(36)34(31)24-14-1-2-15-25-37-33(26-16-6-3-7-17-26,27-18-8-4-9-19-27)28-20-10-5-11-21-28;26-20-12-1-2-13-21-27-25(22-14-6-3-7-15-22,23-16-8-4-9-17-23)24-18-10-5-11-19-24/h3-13,16-23H,1-2,14-15,24-25H2;3-11,14-19H,1-2,12-13,20-21,26H2. The third kappa shape index (κ3) is 11.0. The van der Waals surface area contributed by atoms with Crippen molar-refractivity contribution in [2.75, 3.05) is 24.6 Å². The van der Waals surface area contributed by atoms with Crippen molar-refractivity contribution < 1.29 is 9.59 Å². The number of fused-ring (bicyclic) bond motifs is 1. The number of imide groups is 1. The number of amides is 2. The predicted octanol–water partition coefficient (Wildman–Crippen LogP) is 13.8. The van der Waals surface area contributed by atoms with Crippen LogP contribution in [0.3, 0.4) is 0 Å². The predicted molar refractivity (Wildman–Crippen MR) is 271 cm³/mol. The van der Waals surface area contributed by atoms with Gasteiger partial charge < -0.3 is 5.73 Å². The highest BCUT2D eigenvalue weighted by Gasteiger charge is 2.38. The Kier molecular flexibility index (Phi) is 17.3. The molecule has 0 bridgehead atoms. The Bertz CT molecular complexity index is 2220. The highest BCUT2D eigenvalue weighted by molar-refractivity contribution is 8.00. The van der Waals surface area contributed by atoms with Gasteiger partial charge in [-0.15, -0.1) is 23.5 Å². The van der Waals surface area contributed by atoms with Crippen LogP contribution < -0.4 is 5.73 Å². The van der Waals surface area contributed by atoms with E-state index in [1.807, 2.05) is 23.9 Å². The van der Waals surface area contributed by atoms with Gasteiger partial charge in [-0.2, -0.15) is 0 Å². The van der Waals surface area contributed by atoms with E-state index in [4.69, 9.17) is 5.73 Å². The van der Waals surface area contributed by atoms with E-state index in [1.54, 1.807) is 12.1 Å². The van der Waals surface area contributed by atoms with Gasteiger partial charge in [-0.3, -0.25) is 14.5 Å². The van der Waals surface area contributed by atoms with Crippen LogP contribution >= 0.6 is 23.5 Å². The van der Waals surface area contributed by atoms with E-state index < -0.39 is 0 Å². The second-order valence-electron chi connectivity index (χ2n) is 16.2. The molecule has 0 aromatic heterocycles. The lowest BCUT2D eigenvalue weighted by molar-refractivity contribution is 0.0651. The zero-order valence-electron chi connectivity index (χ0n) is 36.8. The Labute approximate surface area is 389 Å². The molecule has 7 aromatic rings. The van der Waals surface area contributed by atoms with E-state index in [0.717, 1.165) is 50.2 Å². The Morgan fingerprint density at radius 2 is 0.609 bits per heavy atom. The second kappa shape index (κ2) is 23.9. The molecule has 6 heteroatoms. The molecule has 7 aromatic carbocycles. The first kappa shape index (κ1) is 46.3. The van der Waals surface area contributed by atoms with Crippen LogP contribution in [0.15, 0.2) is 206 Å². The minimum absolute atomic E-state index is 0.158. The summed E-state index contributed by atoms with van der Waals surface area (Å²) in [6, 6.07) is 72.2. The summed E-state index contributed by atoms with van der Waals surface area (Å²) in [5.74, 6) is 1.82. The van der Waals surface area contributed by atoms with E-state index in [-0.39, 0.29) is 21.3 Å². The number of benzene rings is 7. The number of rotatable bonds is 21. The van der Waals surface area contributed by atoms with Gasteiger partial charge in [0, 0.05) is 6.54 Å². The van der Waals surface area contributed by atoms with Crippen molar-refractivity contribution in [3.63, 3.8) is 0 Å². The molecule has 0 saturated heterocycles. The maximum absolute atomic E-state index is 12.6. The molecule has 0 radical (unpaired) electrons. The number of carbonyl (C=O) groups excluding carboxylic acids is 2. The first-order valence-corrected chi connectivity index (χ1v) is 24.8. The fourth-order valence-corrected chi connectivity index (χ4v) is 11.9. The molecule has 4 nitrogen and oxygen atoms in total. The Morgan fingerprint density at radius 3 is 0.906 bits per heavy atom. The minimum Gasteiger partial charge on any atom is -0.330 e. The normalized spacial score (nSPS) is 12.4. The first-order valence-electron chi connectivity index (χ1n) is 22.9. The third-order valence-corrected chi connectivity index (χ3v) is 15.2. The van der Waals surface area contributed by atoms with Gasteiger partial charge in [0.25, 0.3) is 11.8 Å². The van der Waals surface area contributed by atoms with Gasteiger partial charge in [0.15, 0.2) is 0 Å². The molecule has 326 valence electrons. The number of nitrogens with zero attached hydrogens (tertiary/aromatic N) is 1.